The number of rotatable bonds is 4. The van der Waals surface area contributed by atoms with E-state index in [1.54, 1.807) is 0 Å². The van der Waals surface area contributed by atoms with Crippen molar-refractivity contribution in [3.8, 4) is 0 Å². The quantitative estimate of drug-likeness (QED) is 0.822. The largest absolute Gasteiger partial charge is 0.374 e. The second-order valence-corrected chi connectivity index (χ2v) is 8.08. The Labute approximate surface area is 171 Å². The summed E-state index contributed by atoms with van der Waals surface area (Å²) in [6, 6.07) is 16.4. The van der Waals surface area contributed by atoms with Crippen LogP contribution in [0.5, 0.6) is 0 Å². The SMILES string of the molecule is NC1CCN(c2ccc(C(O)N3CCO[C@@H](c4ccccc4)C3)c(Cl)c2)CC1. The fourth-order valence-corrected chi connectivity index (χ4v) is 4.31. The van der Waals surface area contributed by atoms with E-state index in [0.717, 1.165) is 42.7 Å². The minimum absolute atomic E-state index is 0.0415. The lowest BCUT2D eigenvalue weighted by Crippen LogP contribution is -2.41. The molecule has 2 aromatic rings. The summed E-state index contributed by atoms with van der Waals surface area (Å²) < 4.78 is 5.91. The number of hydrogen-bond acceptors (Lipinski definition) is 5. The number of nitrogens with two attached hydrogens (primary N) is 1. The van der Waals surface area contributed by atoms with Crippen LogP contribution in [0.4, 0.5) is 5.69 Å². The molecule has 1 unspecified atom stereocenters. The fourth-order valence-electron chi connectivity index (χ4n) is 4.04. The third-order valence-electron chi connectivity index (χ3n) is 5.78. The van der Waals surface area contributed by atoms with Crippen LogP contribution in [-0.2, 0) is 4.74 Å². The molecule has 2 aliphatic heterocycles. The van der Waals surface area contributed by atoms with Crippen molar-refractivity contribution in [1.29, 1.82) is 0 Å². The first-order valence-corrected chi connectivity index (χ1v) is 10.4. The minimum atomic E-state index is -0.744. The Kier molecular flexibility index (Phi) is 6.19. The summed E-state index contributed by atoms with van der Waals surface area (Å²) in [5.41, 5.74) is 8.97. The van der Waals surface area contributed by atoms with Crippen LogP contribution in [0.3, 0.4) is 0 Å². The standard InChI is InChI=1S/C22H28ClN3O2/c23-20-14-18(25-10-8-17(24)9-11-25)6-7-19(20)22(27)26-12-13-28-21(15-26)16-4-2-1-3-5-16/h1-7,14,17,21-22,27H,8-13,15,24H2/t21-,22?/m1/s1. The molecule has 2 fully saturated rings. The van der Waals surface area contributed by atoms with Crippen molar-refractivity contribution >= 4 is 17.3 Å². The molecule has 0 spiro atoms. The van der Waals surface area contributed by atoms with Gasteiger partial charge in [-0.05, 0) is 30.5 Å². The van der Waals surface area contributed by atoms with E-state index in [1.807, 2.05) is 35.2 Å². The van der Waals surface area contributed by atoms with Gasteiger partial charge in [-0.2, -0.15) is 0 Å². The molecule has 0 bridgehead atoms. The van der Waals surface area contributed by atoms with Crippen molar-refractivity contribution in [1.82, 2.24) is 4.90 Å². The van der Waals surface area contributed by atoms with E-state index < -0.39 is 6.23 Å². The van der Waals surface area contributed by atoms with Gasteiger partial charge in [-0.25, -0.2) is 0 Å². The smallest absolute Gasteiger partial charge is 0.135 e. The van der Waals surface area contributed by atoms with E-state index in [4.69, 9.17) is 22.1 Å². The summed E-state index contributed by atoms with van der Waals surface area (Å²) in [6.45, 7) is 3.78. The number of halogens is 1. The average molecular weight is 402 g/mol. The number of morpholine rings is 1. The highest BCUT2D eigenvalue weighted by atomic mass is 35.5. The number of piperidine rings is 1. The number of hydrogen-bond donors (Lipinski definition) is 2. The lowest BCUT2D eigenvalue weighted by atomic mass is 10.0. The summed E-state index contributed by atoms with van der Waals surface area (Å²) in [5, 5.41) is 11.6. The maximum Gasteiger partial charge on any atom is 0.135 e. The van der Waals surface area contributed by atoms with Crippen LogP contribution >= 0.6 is 11.6 Å². The molecule has 150 valence electrons. The third kappa shape index (κ3) is 4.34. The number of benzene rings is 2. The zero-order valence-corrected chi connectivity index (χ0v) is 16.8. The van der Waals surface area contributed by atoms with Crippen molar-refractivity contribution in [2.75, 3.05) is 37.7 Å². The average Bonchev–Trinajstić information content (AvgIpc) is 2.74. The van der Waals surface area contributed by atoms with Crippen LogP contribution in [0.25, 0.3) is 0 Å². The lowest BCUT2D eigenvalue weighted by molar-refractivity contribution is -0.0967. The first-order chi connectivity index (χ1) is 13.6. The molecule has 4 rings (SSSR count). The van der Waals surface area contributed by atoms with Gasteiger partial charge in [0, 0.05) is 48.5 Å². The Morgan fingerprint density at radius 2 is 1.82 bits per heavy atom. The maximum absolute atomic E-state index is 11.0. The molecule has 2 aliphatic rings. The number of nitrogens with zero attached hydrogens (tertiary/aromatic N) is 2. The second-order valence-electron chi connectivity index (χ2n) is 7.67. The predicted molar refractivity (Wildman–Crippen MR) is 113 cm³/mol. The molecule has 2 aromatic carbocycles. The minimum Gasteiger partial charge on any atom is -0.374 e. The normalized spacial score (nSPS) is 23.0. The van der Waals surface area contributed by atoms with Gasteiger partial charge in [0.1, 0.15) is 6.23 Å². The summed E-state index contributed by atoms with van der Waals surface area (Å²) in [5.74, 6) is 0. The summed E-state index contributed by atoms with van der Waals surface area (Å²) in [7, 11) is 0. The zero-order valence-electron chi connectivity index (χ0n) is 16.0. The Morgan fingerprint density at radius 1 is 1.07 bits per heavy atom. The van der Waals surface area contributed by atoms with Crippen LogP contribution < -0.4 is 10.6 Å². The topological polar surface area (TPSA) is 62.0 Å². The summed E-state index contributed by atoms with van der Waals surface area (Å²) >= 11 is 6.58. The molecule has 2 saturated heterocycles. The third-order valence-corrected chi connectivity index (χ3v) is 6.11. The van der Waals surface area contributed by atoms with Crippen molar-refractivity contribution in [2.45, 2.75) is 31.2 Å². The first-order valence-electron chi connectivity index (χ1n) is 10.0. The van der Waals surface area contributed by atoms with Crippen LogP contribution in [0, 0.1) is 0 Å². The molecular formula is C22H28ClN3O2. The van der Waals surface area contributed by atoms with Gasteiger partial charge in [-0.3, -0.25) is 4.90 Å². The molecule has 0 aromatic heterocycles. The zero-order chi connectivity index (χ0) is 19.5. The van der Waals surface area contributed by atoms with Gasteiger partial charge < -0.3 is 20.5 Å². The summed E-state index contributed by atoms with van der Waals surface area (Å²) in [6.07, 6.45) is 1.21. The predicted octanol–water partition coefficient (Wildman–Crippen LogP) is 3.33. The van der Waals surface area contributed by atoms with Crippen LogP contribution in [-0.4, -0.2) is 48.8 Å². The molecule has 0 saturated carbocycles. The van der Waals surface area contributed by atoms with Gasteiger partial charge in [0.05, 0.1) is 12.7 Å². The van der Waals surface area contributed by atoms with Gasteiger partial charge in [-0.1, -0.05) is 48.0 Å². The van der Waals surface area contributed by atoms with Crippen molar-refractivity contribution < 1.29 is 9.84 Å². The Hall–Kier alpha value is -1.63. The molecule has 5 nitrogen and oxygen atoms in total. The van der Waals surface area contributed by atoms with Crippen molar-refractivity contribution in [3.63, 3.8) is 0 Å². The monoisotopic (exact) mass is 401 g/mol. The highest BCUT2D eigenvalue weighted by molar-refractivity contribution is 6.31. The lowest BCUT2D eigenvalue weighted by Gasteiger charge is -2.37. The van der Waals surface area contributed by atoms with Gasteiger partial charge in [0.25, 0.3) is 0 Å². The van der Waals surface area contributed by atoms with Crippen LogP contribution in [0.1, 0.15) is 36.3 Å². The number of aliphatic hydroxyl groups is 1. The van der Waals surface area contributed by atoms with Gasteiger partial charge >= 0.3 is 0 Å². The van der Waals surface area contributed by atoms with E-state index in [-0.39, 0.29) is 6.10 Å². The molecule has 2 atom stereocenters. The van der Waals surface area contributed by atoms with Crippen LogP contribution in [0.15, 0.2) is 48.5 Å². The number of aliphatic hydroxyl groups excluding tert-OH is 1. The molecule has 0 radical (unpaired) electrons. The van der Waals surface area contributed by atoms with Gasteiger partial charge in [0.15, 0.2) is 0 Å². The molecule has 6 heteroatoms. The molecule has 0 amide bonds. The summed E-state index contributed by atoms with van der Waals surface area (Å²) in [4.78, 5) is 4.34. The van der Waals surface area contributed by atoms with E-state index in [2.05, 4.69) is 23.1 Å². The first kappa shape index (κ1) is 19.7. The molecule has 28 heavy (non-hydrogen) atoms. The fraction of sp³-hybridized carbons (Fsp3) is 0.455. The van der Waals surface area contributed by atoms with E-state index >= 15 is 0 Å². The number of anilines is 1. The van der Waals surface area contributed by atoms with Crippen molar-refractivity contribution in [3.05, 3.63) is 64.7 Å². The van der Waals surface area contributed by atoms with Crippen molar-refractivity contribution in [2.24, 2.45) is 5.73 Å². The molecule has 3 N–H and O–H groups in total. The number of ether oxygens (including phenoxy) is 1. The van der Waals surface area contributed by atoms with Gasteiger partial charge in [-0.15, -0.1) is 0 Å². The Balaban J connectivity index is 1.46. The highest BCUT2D eigenvalue weighted by Crippen LogP contribution is 2.33. The molecule has 0 aliphatic carbocycles. The van der Waals surface area contributed by atoms with E-state index in [9.17, 15) is 5.11 Å². The van der Waals surface area contributed by atoms with Crippen LogP contribution in [0.2, 0.25) is 5.02 Å². The Bertz CT molecular complexity index is 781. The Morgan fingerprint density at radius 3 is 2.54 bits per heavy atom. The molecular weight excluding hydrogens is 374 g/mol. The van der Waals surface area contributed by atoms with Gasteiger partial charge in [0.2, 0.25) is 0 Å². The highest BCUT2D eigenvalue weighted by Gasteiger charge is 2.28. The maximum atomic E-state index is 11.0. The van der Waals surface area contributed by atoms with E-state index in [1.165, 1.54) is 0 Å². The van der Waals surface area contributed by atoms with E-state index in [0.29, 0.717) is 30.8 Å². The second kappa shape index (κ2) is 8.80. The molecule has 2 heterocycles.